The van der Waals surface area contributed by atoms with Crippen LogP contribution < -0.4 is 0 Å². The molecule has 8 rings (SSSR count). The lowest BCUT2D eigenvalue weighted by molar-refractivity contribution is -0.137. The molecule has 4 aromatic rings. The molecular weight excluding hydrogens is 576 g/mol. The molecule has 0 atom stereocenters. The third-order valence-corrected chi connectivity index (χ3v) is 9.42. The first-order chi connectivity index (χ1) is 19.7. The van der Waals surface area contributed by atoms with Gasteiger partial charge in [-0.15, -0.1) is 0 Å². The monoisotopic (exact) mass is 600 g/mol. The van der Waals surface area contributed by atoms with E-state index in [-0.39, 0.29) is 11.0 Å². The molecule has 4 fully saturated rings. The van der Waals surface area contributed by atoms with Crippen molar-refractivity contribution in [2.75, 3.05) is 0 Å². The van der Waals surface area contributed by atoms with Crippen molar-refractivity contribution in [2.45, 2.75) is 75.7 Å². The third-order valence-electron chi connectivity index (χ3n) is 8.85. The molecule has 4 aliphatic rings. The lowest BCUT2D eigenvalue weighted by atomic mass is 9.59. The average molecular weight is 601 g/mol. The molecule has 4 saturated carbocycles. The fourth-order valence-electron chi connectivity index (χ4n) is 6.18. The smallest absolute Gasteiger partial charge is 0.370 e. The van der Waals surface area contributed by atoms with Gasteiger partial charge in [0.1, 0.15) is 22.8 Å². The molecule has 11 heteroatoms. The Morgan fingerprint density at radius 1 is 1.02 bits per heavy atom. The van der Waals surface area contributed by atoms with Crippen LogP contribution in [0, 0.1) is 17.3 Å². The molecule has 0 N–H and O–H groups in total. The molecule has 0 amide bonds. The summed E-state index contributed by atoms with van der Waals surface area (Å²) < 4.78 is 53.6. The molecule has 4 aliphatic carbocycles. The number of nitrogens with zero attached hydrogens (tertiary/aromatic N) is 4. The van der Waals surface area contributed by atoms with Gasteiger partial charge in [0.25, 0.3) is 0 Å². The first kappa shape index (κ1) is 26.8. The summed E-state index contributed by atoms with van der Waals surface area (Å²) in [5.41, 5.74) is 1.82. The largest absolute Gasteiger partial charge is 0.417 e. The number of aromatic nitrogens is 4. The Morgan fingerprint density at radius 2 is 1.73 bits per heavy atom. The van der Waals surface area contributed by atoms with Crippen LogP contribution in [0.2, 0.25) is 10.0 Å². The standard InChI is InChI=1S/C30H25Cl2F3N4O2/c31-22-14-36-15-23(32)25(22)26-21(27(41-38-26)18-1-2-18)17-40-29-10-7-28(8-11-29,9-12-29)6-5-20-13-37-24-4-3-19(16-39(20)24)30(33,34)35/h3-4,13-16,18H,1-2,7-12,17H2. The van der Waals surface area contributed by atoms with Gasteiger partial charge in [-0.05, 0) is 69.4 Å². The molecule has 4 aromatic heterocycles. The van der Waals surface area contributed by atoms with Crippen molar-refractivity contribution in [1.82, 2.24) is 19.5 Å². The Labute approximate surface area is 244 Å². The molecule has 0 saturated heterocycles. The van der Waals surface area contributed by atoms with Gasteiger partial charge in [-0.2, -0.15) is 13.2 Å². The van der Waals surface area contributed by atoms with Crippen LogP contribution in [0.5, 0.6) is 0 Å². The van der Waals surface area contributed by atoms with Crippen LogP contribution in [0.25, 0.3) is 16.9 Å². The van der Waals surface area contributed by atoms with E-state index in [0.29, 0.717) is 45.2 Å². The van der Waals surface area contributed by atoms with Gasteiger partial charge in [-0.1, -0.05) is 34.3 Å². The van der Waals surface area contributed by atoms with E-state index < -0.39 is 11.7 Å². The second-order valence-corrected chi connectivity index (χ2v) is 12.2. The molecule has 0 radical (unpaired) electrons. The maximum absolute atomic E-state index is 13.2. The Morgan fingerprint density at radius 3 is 2.39 bits per heavy atom. The summed E-state index contributed by atoms with van der Waals surface area (Å²) in [6.45, 7) is 0.349. The minimum atomic E-state index is -4.43. The number of ether oxygens (including phenoxy) is 1. The highest BCUT2D eigenvalue weighted by Crippen LogP contribution is 2.54. The first-order valence-corrected chi connectivity index (χ1v) is 14.4. The van der Waals surface area contributed by atoms with Gasteiger partial charge < -0.3 is 9.26 Å². The zero-order valence-corrected chi connectivity index (χ0v) is 23.4. The number of rotatable bonds is 5. The Balaban J connectivity index is 1.09. The summed E-state index contributed by atoms with van der Waals surface area (Å²) >= 11 is 12.9. The molecule has 0 spiro atoms. The summed E-state index contributed by atoms with van der Waals surface area (Å²) in [5.74, 6) is 7.76. The molecule has 0 aromatic carbocycles. The highest BCUT2D eigenvalue weighted by Gasteiger charge is 2.49. The minimum absolute atomic E-state index is 0.184. The predicted molar refractivity (Wildman–Crippen MR) is 146 cm³/mol. The second kappa shape index (κ2) is 9.75. The zero-order chi connectivity index (χ0) is 28.4. The van der Waals surface area contributed by atoms with E-state index in [9.17, 15) is 13.2 Å². The maximum atomic E-state index is 13.2. The number of imidazole rings is 1. The van der Waals surface area contributed by atoms with Crippen LogP contribution in [0.4, 0.5) is 13.2 Å². The quantitative estimate of drug-likeness (QED) is 0.216. The zero-order valence-electron chi connectivity index (χ0n) is 21.9. The Hall–Kier alpha value is -3.06. The van der Waals surface area contributed by atoms with E-state index in [1.165, 1.54) is 16.7 Å². The maximum Gasteiger partial charge on any atom is 0.417 e. The summed E-state index contributed by atoms with van der Waals surface area (Å²) in [7, 11) is 0. The van der Waals surface area contributed by atoms with Crippen molar-refractivity contribution in [3.05, 3.63) is 69.5 Å². The number of hydrogen-bond donors (Lipinski definition) is 0. The van der Waals surface area contributed by atoms with E-state index >= 15 is 0 Å². The van der Waals surface area contributed by atoms with Gasteiger partial charge in [-0.3, -0.25) is 9.38 Å². The van der Waals surface area contributed by atoms with Crippen molar-refractivity contribution in [3.8, 4) is 23.1 Å². The van der Waals surface area contributed by atoms with E-state index in [1.54, 1.807) is 12.4 Å². The van der Waals surface area contributed by atoms with Gasteiger partial charge in [0, 0.05) is 41.1 Å². The summed E-state index contributed by atoms with van der Waals surface area (Å²) in [4.78, 5) is 8.28. The van der Waals surface area contributed by atoms with E-state index in [4.69, 9.17) is 32.5 Å². The molecule has 6 nitrogen and oxygen atoms in total. The van der Waals surface area contributed by atoms with Gasteiger partial charge in [0.2, 0.25) is 0 Å². The van der Waals surface area contributed by atoms with Gasteiger partial charge >= 0.3 is 6.18 Å². The fourth-order valence-corrected chi connectivity index (χ4v) is 6.72. The first-order valence-electron chi connectivity index (χ1n) is 13.6. The van der Waals surface area contributed by atoms with Crippen LogP contribution in [-0.4, -0.2) is 25.1 Å². The number of alkyl halides is 3. The van der Waals surface area contributed by atoms with Crippen molar-refractivity contribution in [3.63, 3.8) is 0 Å². The number of fused-ring (bicyclic) bond motifs is 4. The average Bonchev–Trinajstić information content (AvgIpc) is 3.59. The summed E-state index contributed by atoms with van der Waals surface area (Å²) in [6, 6.07) is 2.40. The van der Waals surface area contributed by atoms with E-state index in [0.717, 1.165) is 75.0 Å². The van der Waals surface area contributed by atoms with Crippen LogP contribution in [-0.2, 0) is 17.5 Å². The molecular formula is C30H25Cl2F3N4O2. The molecule has 212 valence electrons. The Kier molecular flexibility index (Phi) is 6.38. The highest BCUT2D eigenvalue weighted by molar-refractivity contribution is 6.38. The number of halogens is 5. The van der Waals surface area contributed by atoms with Gasteiger partial charge in [0.15, 0.2) is 0 Å². The van der Waals surface area contributed by atoms with Crippen molar-refractivity contribution in [2.24, 2.45) is 5.41 Å². The van der Waals surface area contributed by atoms with E-state index in [1.807, 2.05) is 0 Å². The fraction of sp³-hybridized carbons (Fsp3) is 0.433. The van der Waals surface area contributed by atoms with Crippen LogP contribution >= 0.6 is 23.2 Å². The predicted octanol–water partition coefficient (Wildman–Crippen LogP) is 8.25. The molecule has 41 heavy (non-hydrogen) atoms. The van der Waals surface area contributed by atoms with Crippen molar-refractivity contribution >= 4 is 28.8 Å². The highest BCUT2D eigenvalue weighted by atomic mass is 35.5. The van der Waals surface area contributed by atoms with Crippen LogP contribution in [0.3, 0.4) is 0 Å². The van der Waals surface area contributed by atoms with Gasteiger partial charge in [-0.25, -0.2) is 4.98 Å². The lowest BCUT2D eigenvalue weighted by Crippen LogP contribution is -2.47. The minimum Gasteiger partial charge on any atom is -0.370 e. The van der Waals surface area contributed by atoms with Crippen LogP contribution in [0.15, 0.2) is 41.4 Å². The van der Waals surface area contributed by atoms with E-state index in [2.05, 4.69) is 27.0 Å². The van der Waals surface area contributed by atoms with Crippen LogP contribution in [0.1, 0.15) is 79.9 Å². The van der Waals surface area contributed by atoms with Crippen molar-refractivity contribution < 1.29 is 22.4 Å². The summed E-state index contributed by atoms with van der Waals surface area (Å²) in [5, 5.41) is 5.17. The number of hydrogen-bond acceptors (Lipinski definition) is 5. The number of pyridine rings is 2. The Bertz CT molecular complexity index is 1670. The van der Waals surface area contributed by atoms with Crippen molar-refractivity contribution in [1.29, 1.82) is 0 Å². The lowest BCUT2D eigenvalue weighted by Gasteiger charge is -2.51. The molecule has 0 aliphatic heterocycles. The summed E-state index contributed by atoms with van der Waals surface area (Å²) in [6.07, 6.45) is 8.49. The topological polar surface area (TPSA) is 65.5 Å². The third kappa shape index (κ3) is 4.90. The normalized spacial score (nSPS) is 24.0. The SMILES string of the molecule is FC(F)(F)c1ccc2ncc(C#CC34CCC(OCc5c(-c6c(Cl)cncc6Cl)noc5C5CC5)(CC3)CC4)n2c1. The molecule has 4 heterocycles. The second-order valence-electron chi connectivity index (χ2n) is 11.4. The molecule has 0 unspecified atom stereocenters. The molecule has 2 bridgehead atoms. The van der Waals surface area contributed by atoms with Gasteiger partial charge in [0.05, 0.1) is 34.0 Å².